The van der Waals surface area contributed by atoms with Crippen molar-refractivity contribution in [1.29, 1.82) is 0 Å². The molecule has 0 unspecified atom stereocenters. The van der Waals surface area contributed by atoms with E-state index in [1.807, 2.05) is 22.6 Å². The third-order valence-corrected chi connectivity index (χ3v) is 0. The van der Waals surface area contributed by atoms with Crippen LogP contribution in [0.1, 0.15) is 6.92 Å². The summed E-state index contributed by atoms with van der Waals surface area (Å²) in [7, 11) is 3.93. The summed E-state index contributed by atoms with van der Waals surface area (Å²) in [5, 5.41) is 0. The Morgan fingerprint density at radius 3 is 1.60 bits per heavy atom. The Balaban J connectivity index is 3.02. The van der Waals surface area contributed by atoms with Gasteiger partial charge in [-0.2, -0.15) is 0 Å². The van der Waals surface area contributed by atoms with Gasteiger partial charge in [0.2, 0.25) is 0 Å². The molecule has 0 aliphatic rings. The maximum Gasteiger partial charge on any atom is 0.116 e. The van der Waals surface area contributed by atoms with Crippen molar-refractivity contribution in [2.45, 2.75) is 12.3 Å². The average Bonchev–Trinajstić information content (AvgIpc) is 0.722. The van der Waals surface area contributed by atoms with E-state index in [1.54, 1.807) is 0 Å². The van der Waals surface area contributed by atoms with Gasteiger partial charge in [-0.1, -0.05) is 6.92 Å². The summed E-state index contributed by atoms with van der Waals surface area (Å²) in [4.78, 5) is 0. The smallest absolute Gasteiger partial charge is 0.116 e. The van der Waals surface area contributed by atoms with Crippen molar-refractivity contribution in [3.63, 3.8) is 0 Å². The lowest BCUT2D eigenvalue weighted by Gasteiger charge is -2.05. The first-order chi connectivity index (χ1) is 2.00. The molecule has 0 aliphatic heterocycles. The summed E-state index contributed by atoms with van der Waals surface area (Å²) in [6.45, 7) is 1.97. The van der Waals surface area contributed by atoms with Gasteiger partial charge in [-0.05, 0) is 5.34 Å². The first-order valence-corrected chi connectivity index (χ1v) is 1.79. The first kappa shape index (κ1) is 5.09. The summed E-state index contributed by atoms with van der Waals surface area (Å²) in [6, 6.07) is 0. The van der Waals surface area contributed by atoms with Gasteiger partial charge >= 0.3 is 0 Å². The van der Waals surface area contributed by atoms with Crippen LogP contribution in [0.3, 0.4) is 0 Å². The molecule has 5 heavy (non-hydrogen) atoms. The number of rotatable bonds is 0. The van der Waals surface area contributed by atoms with Crippen LogP contribution in [0.15, 0.2) is 0 Å². The van der Waals surface area contributed by atoms with E-state index in [1.165, 1.54) is 0 Å². The quantitative estimate of drug-likeness (QED) is 0.323. The van der Waals surface area contributed by atoms with E-state index in [-0.39, 0.29) is 5.34 Å². The van der Waals surface area contributed by atoms with Crippen molar-refractivity contribution >= 4 is 15.7 Å². The maximum atomic E-state index is 5.35. The fourth-order valence-corrected chi connectivity index (χ4v) is 0. The predicted octanol–water partition coefficient (Wildman–Crippen LogP) is -2.12. The van der Waals surface area contributed by atoms with Gasteiger partial charge in [0.1, 0.15) is 15.7 Å². The summed E-state index contributed by atoms with van der Waals surface area (Å²) in [5.41, 5.74) is 5.35. The third kappa shape index (κ3) is 2210. The van der Waals surface area contributed by atoms with Gasteiger partial charge in [0.15, 0.2) is 0 Å². The Kier molecular flexibility index (Phi) is 1.07. The van der Waals surface area contributed by atoms with Crippen molar-refractivity contribution in [1.82, 2.24) is 0 Å². The van der Waals surface area contributed by atoms with Crippen LogP contribution in [0.4, 0.5) is 0 Å². The van der Waals surface area contributed by atoms with Crippen LogP contribution >= 0.6 is 0 Å². The number of nitrogens with two attached hydrogens (primary N) is 1. The molecule has 3 heteroatoms. The lowest BCUT2D eigenvalue weighted by molar-refractivity contribution is 0.931. The van der Waals surface area contributed by atoms with Gasteiger partial charge in [0, 0.05) is 0 Å². The minimum absolute atomic E-state index is 0. The zero-order valence-electron chi connectivity index (χ0n) is 4.08. The maximum absolute atomic E-state index is 5.35. The molecule has 0 aromatic rings. The second kappa shape index (κ2) is 1.05. The first-order valence-electron chi connectivity index (χ1n) is 1.79. The predicted molar refractivity (Wildman–Crippen MR) is 29.7 cm³/mol. The Labute approximate surface area is 34.7 Å². The molecule has 0 radical (unpaired) electrons. The monoisotopic (exact) mass is 69.1 g/mol. The molecular formula is C2H9B2N. The lowest BCUT2D eigenvalue weighted by Crippen LogP contribution is -2.36. The third-order valence-electron chi connectivity index (χ3n) is 0. The summed E-state index contributed by atoms with van der Waals surface area (Å²) in [6.07, 6.45) is 0. The molecule has 0 bridgehead atoms. The highest BCUT2D eigenvalue weighted by Crippen LogP contribution is 1.73. The van der Waals surface area contributed by atoms with Crippen molar-refractivity contribution in [3.8, 4) is 0 Å². The van der Waals surface area contributed by atoms with Gasteiger partial charge in [0.25, 0.3) is 0 Å². The molecule has 0 spiro atoms. The Morgan fingerprint density at radius 1 is 1.60 bits per heavy atom. The minimum Gasteiger partial charge on any atom is -0.340 e. The molecule has 0 rings (SSSR count). The van der Waals surface area contributed by atoms with Crippen LogP contribution in [-0.4, -0.2) is 21.0 Å². The van der Waals surface area contributed by atoms with Crippen LogP contribution in [0.2, 0.25) is 0 Å². The number of hydrogen-bond acceptors (Lipinski definition) is 1. The van der Waals surface area contributed by atoms with Crippen molar-refractivity contribution < 1.29 is 0 Å². The van der Waals surface area contributed by atoms with E-state index < -0.39 is 0 Å². The van der Waals surface area contributed by atoms with E-state index in [0.717, 1.165) is 0 Å². The zero-order chi connectivity index (χ0) is 4.50. The number of hydrogen-bond donors (Lipinski definition) is 1. The van der Waals surface area contributed by atoms with Gasteiger partial charge in [-0.3, -0.25) is 0 Å². The highest BCUT2D eigenvalue weighted by molar-refractivity contribution is 6.39. The molecule has 0 atom stereocenters. The fraction of sp³-hybridized carbons (Fsp3) is 1.00. The zero-order valence-corrected chi connectivity index (χ0v) is 4.08. The summed E-state index contributed by atoms with van der Waals surface area (Å²) in [5.74, 6) is 0. The summed E-state index contributed by atoms with van der Waals surface area (Å²) < 4.78 is 0. The van der Waals surface area contributed by atoms with Crippen LogP contribution in [0, 0.1) is 0 Å². The SMILES string of the molecule is BC(B)(C)N. The minimum atomic E-state index is 0. The van der Waals surface area contributed by atoms with Gasteiger partial charge < -0.3 is 5.73 Å². The van der Waals surface area contributed by atoms with E-state index in [2.05, 4.69) is 0 Å². The fourth-order valence-electron chi connectivity index (χ4n) is 0. The molecule has 0 aliphatic carbocycles. The average molecular weight is 68.7 g/mol. The molecule has 0 fully saturated rings. The van der Waals surface area contributed by atoms with Crippen molar-refractivity contribution in [2.24, 2.45) is 5.73 Å². The van der Waals surface area contributed by atoms with Crippen LogP contribution < -0.4 is 5.73 Å². The van der Waals surface area contributed by atoms with Gasteiger partial charge in [-0.25, -0.2) is 0 Å². The molecule has 0 saturated carbocycles. The summed E-state index contributed by atoms with van der Waals surface area (Å²) >= 11 is 0. The molecule has 0 amide bonds. The van der Waals surface area contributed by atoms with Gasteiger partial charge in [0.05, 0.1) is 0 Å². The molecule has 0 heterocycles. The second-order valence-corrected chi connectivity index (χ2v) is 2.37. The highest BCUT2D eigenvalue weighted by Gasteiger charge is 1.96. The molecule has 0 aromatic heterocycles. The molecule has 0 saturated heterocycles. The molecule has 1 nitrogen and oxygen atoms in total. The van der Waals surface area contributed by atoms with E-state index in [0.29, 0.717) is 0 Å². The Bertz CT molecular complexity index is 23.1. The van der Waals surface area contributed by atoms with Gasteiger partial charge in [-0.15, -0.1) is 0 Å². The Hall–Kier alpha value is 0.0899. The van der Waals surface area contributed by atoms with E-state index in [9.17, 15) is 0 Å². The Morgan fingerprint density at radius 2 is 1.60 bits per heavy atom. The van der Waals surface area contributed by atoms with Crippen LogP contribution in [0.5, 0.6) is 0 Å². The van der Waals surface area contributed by atoms with Crippen LogP contribution in [-0.2, 0) is 0 Å². The van der Waals surface area contributed by atoms with Crippen molar-refractivity contribution in [2.75, 3.05) is 0 Å². The molecule has 28 valence electrons. The standard InChI is InChI=1S/C2H9B2N/c1-2(3,4)5/h3-5H2,1H3. The van der Waals surface area contributed by atoms with E-state index >= 15 is 0 Å². The molecular weight excluding hydrogens is 59.7 g/mol. The molecule has 2 N–H and O–H groups in total. The second-order valence-electron chi connectivity index (χ2n) is 2.37. The normalized spacial score (nSPS) is 11.6. The van der Waals surface area contributed by atoms with Crippen LogP contribution in [0.25, 0.3) is 0 Å². The topological polar surface area (TPSA) is 26.0 Å². The lowest BCUT2D eigenvalue weighted by atomic mass is 9.65. The highest BCUT2D eigenvalue weighted by atomic mass is 14.6. The largest absolute Gasteiger partial charge is 0.340 e. The molecule has 0 aromatic carbocycles. The van der Waals surface area contributed by atoms with E-state index in [4.69, 9.17) is 5.73 Å². The van der Waals surface area contributed by atoms with Crippen molar-refractivity contribution in [3.05, 3.63) is 0 Å².